The van der Waals surface area contributed by atoms with Crippen LogP contribution in [-0.2, 0) is 11.8 Å². The molecule has 1 aromatic heterocycles. The molecule has 1 aliphatic carbocycles. The van der Waals surface area contributed by atoms with Gasteiger partial charge in [0.15, 0.2) is 5.82 Å². The summed E-state index contributed by atoms with van der Waals surface area (Å²) in [6.45, 7) is 0.259. The molecule has 0 radical (unpaired) electrons. The maximum Gasteiger partial charge on any atom is 0.311 e. The standard InChI is InChI=1S/C11H15N3O3/c1-14-6-5-12-8(9(14)15)13-7-11(10(16)17)3-2-4-11/h5-6H,2-4,7H2,1H3,(H,12,13)(H,16,17). The molecule has 17 heavy (non-hydrogen) atoms. The zero-order valence-corrected chi connectivity index (χ0v) is 9.64. The number of aliphatic carboxylic acids is 1. The molecule has 0 atom stereocenters. The Morgan fingerprint density at radius 2 is 2.35 bits per heavy atom. The van der Waals surface area contributed by atoms with E-state index in [2.05, 4.69) is 10.3 Å². The third kappa shape index (κ3) is 2.02. The van der Waals surface area contributed by atoms with Gasteiger partial charge in [0, 0.05) is 26.0 Å². The minimum atomic E-state index is -0.802. The van der Waals surface area contributed by atoms with E-state index < -0.39 is 11.4 Å². The van der Waals surface area contributed by atoms with E-state index in [1.165, 1.54) is 10.8 Å². The largest absolute Gasteiger partial charge is 0.481 e. The summed E-state index contributed by atoms with van der Waals surface area (Å²) in [6.07, 6.45) is 5.31. The molecule has 0 spiro atoms. The minimum absolute atomic E-state index is 0.211. The van der Waals surface area contributed by atoms with Gasteiger partial charge in [0.2, 0.25) is 0 Å². The Labute approximate surface area is 98.3 Å². The van der Waals surface area contributed by atoms with E-state index in [0.717, 1.165) is 6.42 Å². The van der Waals surface area contributed by atoms with E-state index in [1.807, 2.05) is 0 Å². The van der Waals surface area contributed by atoms with Crippen LogP contribution in [0.1, 0.15) is 19.3 Å². The summed E-state index contributed by atoms with van der Waals surface area (Å²) in [4.78, 5) is 26.7. The number of nitrogens with one attached hydrogen (secondary N) is 1. The molecule has 0 saturated heterocycles. The number of aryl methyl sites for hydroxylation is 1. The van der Waals surface area contributed by atoms with Crippen LogP contribution in [0.25, 0.3) is 0 Å². The zero-order valence-electron chi connectivity index (χ0n) is 9.64. The molecule has 1 aliphatic rings. The van der Waals surface area contributed by atoms with Crippen molar-refractivity contribution in [2.75, 3.05) is 11.9 Å². The lowest BCUT2D eigenvalue weighted by atomic mass is 9.69. The summed E-state index contributed by atoms with van der Waals surface area (Å²) in [5.74, 6) is -0.591. The molecule has 92 valence electrons. The van der Waals surface area contributed by atoms with Crippen LogP contribution in [0.3, 0.4) is 0 Å². The number of carbonyl (C=O) groups is 1. The van der Waals surface area contributed by atoms with Gasteiger partial charge in [-0.25, -0.2) is 4.98 Å². The van der Waals surface area contributed by atoms with Gasteiger partial charge in [0.25, 0.3) is 5.56 Å². The van der Waals surface area contributed by atoms with Crippen molar-refractivity contribution in [3.8, 4) is 0 Å². The fourth-order valence-electron chi connectivity index (χ4n) is 1.94. The quantitative estimate of drug-likeness (QED) is 0.794. The Kier molecular flexibility index (Phi) is 2.87. The van der Waals surface area contributed by atoms with E-state index >= 15 is 0 Å². The van der Waals surface area contributed by atoms with Crippen molar-refractivity contribution in [1.29, 1.82) is 0 Å². The summed E-state index contributed by atoms with van der Waals surface area (Å²) in [6, 6.07) is 0. The summed E-state index contributed by atoms with van der Waals surface area (Å²) in [5.41, 5.74) is -0.963. The monoisotopic (exact) mass is 237 g/mol. The molecule has 0 amide bonds. The van der Waals surface area contributed by atoms with Crippen molar-refractivity contribution < 1.29 is 9.90 Å². The molecule has 6 nitrogen and oxygen atoms in total. The highest BCUT2D eigenvalue weighted by Gasteiger charge is 2.44. The summed E-state index contributed by atoms with van der Waals surface area (Å²) < 4.78 is 1.41. The van der Waals surface area contributed by atoms with Gasteiger partial charge in [-0.2, -0.15) is 0 Å². The Morgan fingerprint density at radius 3 is 2.88 bits per heavy atom. The van der Waals surface area contributed by atoms with Crippen molar-refractivity contribution >= 4 is 11.8 Å². The first-order valence-electron chi connectivity index (χ1n) is 5.54. The summed E-state index contributed by atoms with van der Waals surface area (Å²) in [5, 5.41) is 12.0. The number of aromatic nitrogens is 2. The van der Waals surface area contributed by atoms with Crippen molar-refractivity contribution in [1.82, 2.24) is 9.55 Å². The number of nitrogens with zero attached hydrogens (tertiary/aromatic N) is 2. The first-order chi connectivity index (χ1) is 8.05. The number of anilines is 1. The van der Waals surface area contributed by atoms with Gasteiger partial charge in [0.05, 0.1) is 5.41 Å². The van der Waals surface area contributed by atoms with E-state index in [-0.39, 0.29) is 17.9 Å². The lowest BCUT2D eigenvalue weighted by Crippen LogP contribution is -2.44. The fraction of sp³-hybridized carbons (Fsp3) is 0.545. The van der Waals surface area contributed by atoms with Gasteiger partial charge in [-0.3, -0.25) is 9.59 Å². The van der Waals surface area contributed by atoms with Crippen LogP contribution in [0.5, 0.6) is 0 Å². The Bertz CT molecular complexity index is 491. The molecule has 1 aromatic rings. The van der Waals surface area contributed by atoms with Crippen LogP contribution in [-0.4, -0.2) is 27.2 Å². The predicted molar refractivity (Wildman–Crippen MR) is 61.9 cm³/mol. The average Bonchev–Trinajstić information content (AvgIpc) is 2.22. The molecule has 6 heteroatoms. The number of hydrogen-bond acceptors (Lipinski definition) is 4. The molecule has 1 fully saturated rings. The molecule has 0 aromatic carbocycles. The Hall–Kier alpha value is -1.85. The van der Waals surface area contributed by atoms with Gasteiger partial charge in [-0.05, 0) is 12.8 Å². The first-order valence-corrected chi connectivity index (χ1v) is 5.54. The van der Waals surface area contributed by atoms with Crippen LogP contribution in [0.4, 0.5) is 5.82 Å². The molecule has 2 rings (SSSR count). The molecule has 1 heterocycles. The van der Waals surface area contributed by atoms with Crippen LogP contribution in [0.15, 0.2) is 17.2 Å². The van der Waals surface area contributed by atoms with Crippen LogP contribution in [0.2, 0.25) is 0 Å². The molecule has 0 unspecified atom stereocenters. The smallest absolute Gasteiger partial charge is 0.311 e. The fourth-order valence-corrected chi connectivity index (χ4v) is 1.94. The second-order valence-electron chi connectivity index (χ2n) is 4.48. The summed E-state index contributed by atoms with van der Waals surface area (Å²) >= 11 is 0. The first kappa shape index (κ1) is 11.6. The molecular formula is C11H15N3O3. The number of carboxylic acid groups (broad SMARTS) is 1. The topological polar surface area (TPSA) is 84.2 Å². The minimum Gasteiger partial charge on any atom is -0.481 e. The maximum atomic E-state index is 11.7. The Morgan fingerprint density at radius 1 is 1.65 bits per heavy atom. The lowest BCUT2D eigenvalue weighted by Gasteiger charge is -2.37. The number of carboxylic acids is 1. The van der Waals surface area contributed by atoms with Crippen molar-refractivity contribution in [2.45, 2.75) is 19.3 Å². The normalized spacial score (nSPS) is 17.2. The second-order valence-corrected chi connectivity index (χ2v) is 4.48. The van der Waals surface area contributed by atoms with Crippen LogP contribution >= 0.6 is 0 Å². The highest BCUT2D eigenvalue weighted by molar-refractivity contribution is 5.76. The van der Waals surface area contributed by atoms with Gasteiger partial charge < -0.3 is 15.0 Å². The lowest BCUT2D eigenvalue weighted by molar-refractivity contribution is -0.153. The predicted octanol–water partition coefficient (Wildman–Crippen LogP) is 0.447. The molecular weight excluding hydrogens is 222 g/mol. The second kappa shape index (κ2) is 4.20. The SMILES string of the molecule is Cn1ccnc(NCC2(C(=O)O)CCC2)c1=O. The molecule has 2 N–H and O–H groups in total. The molecule has 0 bridgehead atoms. The van der Waals surface area contributed by atoms with Gasteiger partial charge in [0.1, 0.15) is 0 Å². The van der Waals surface area contributed by atoms with Gasteiger partial charge >= 0.3 is 5.97 Å². The van der Waals surface area contributed by atoms with Crippen molar-refractivity contribution in [2.24, 2.45) is 12.5 Å². The Balaban J connectivity index is 2.10. The van der Waals surface area contributed by atoms with E-state index in [0.29, 0.717) is 12.8 Å². The number of rotatable bonds is 4. The molecule has 1 saturated carbocycles. The van der Waals surface area contributed by atoms with Crippen molar-refractivity contribution in [3.05, 3.63) is 22.7 Å². The molecule has 0 aliphatic heterocycles. The average molecular weight is 237 g/mol. The highest BCUT2D eigenvalue weighted by Crippen LogP contribution is 2.40. The maximum absolute atomic E-state index is 11.7. The zero-order chi connectivity index (χ0) is 12.5. The van der Waals surface area contributed by atoms with Crippen molar-refractivity contribution in [3.63, 3.8) is 0 Å². The number of hydrogen-bond donors (Lipinski definition) is 2. The third-order valence-corrected chi connectivity index (χ3v) is 3.38. The summed E-state index contributed by atoms with van der Waals surface area (Å²) in [7, 11) is 1.63. The van der Waals surface area contributed by atoms with Crippen LogP contribution < -0.4 is 10.9 Å². The van der Waals surface area contributed by atoms with Gasteiger partial charge in [-0.15, -0.1) is 0 Å². The van der Waals surface area contributed by atoms with E-state index in [9.17, 15) is 9.59 Å². The van der Waals surface area contributed by atoms with E-state index in [1.54, 1.807) is 13.2 Å². The third-order valence-electron chi connectivity index (χ3n) is 3.38. The van der Waals surface area contributed by atoms with Crippen LogP contribution in [0, 0.1) is 5.41 Å². The van der Waals surface area contributed by atoms with E-state index in [4.69, 9.17) is 5.11 Å². The highest BCUT2D eigenvalue weighted by atomic mass is 16.4. The van der Waals surface area contributed by atoms with Gasteiger partial charge in [-0.1, -0.05) is 6.42 Å².